The first-order valence-corrected chi connectivity index (χ1v) is 10.0. The van der Waals surface area contributed by atoms with Crippen LogP contribution in [0.3, 0.4) is 0 Å². The summed E-state index contributed by atoms with van der Waals surface area (Å²) >= 11 is 0. The van der Waals surface area contributed by atoms with Gasteiger partial charge in [0.2, 0.25) is 0 Å². The van der Waals surface area contributed by atoms with Crippen molar-refractivity contribution in [2.24, 2.45) is 0 Å². The summed E-state index contributed by atoms with van der Waals surface area (Å²) in [6, 6.07) is 22.9. The molecule has 1 aromatic heterocycles. The van der Waals surface area contributed by atoms with Crippen molar-refractivity contribution in [1.29, 1.82) is 0 Å². The van der Waals surface area contributed by atoms with E-state index in [4.69, 9.17) is 4.74 Å². The van der Waals surface area contributed by atoms with Gasteiger partial charge in [0.05, 0.1) is 30.4 Å². The third-order valence-electron chi connectivity index (χ3n) is 5.09. The maximum absolute atomic E-state index is 13.2. The Balaban J connectivity index is 1.55. The number of aromatic nitrogens is 2. The highest BCUT2D eigenvalue weighted by Crippen LogP contribution is 2.24. The number of fused-ring (bicyclic) bond motifs is 1. The average molecular weight is 412 g/mol. The molecule has 156 valence electrons. The fraction of sp³-hybridized carbons (Fsp3) is 0.160. The van der Waals surface area contributed by atoms with Crippen molar-refractivity contribution in [2.45, 2.75) is 13.5 Å². The lowest BCUT2D eigenvalue weighted by Crippen LogP contribution is -2.28. The Kier molecular flexibility index (Phi) is 5.80. The quantitative estimate of drug-likeness (QED) is 0.485. The van der Waals surface area contributed by atoms with Crippen LogP contribution in [0.25, 0.3) is 10.9 Å². The van der Waals surface area contributed by atoms with Crippen molar-refractivity contribution in [3.8, 4) is 5.75 Å². The number of hydrogen-bond donors (Lipinski definition) is 1. The van der Waals surface area contributed by atoms with Crippen molar-refractivity contribution in [3.63, 3.8) is 0 Å². The van der Waals surface area contributed by atoms with E-state index in [0.29, 0.717) is 17.9 Å². The van der Waals surface area contributed by atoms with Gasteiger partial charge >= 0.3 is 0 Å². The largest absolute Gasteiger partial charge is 0.497 e. The third-order valence-corrected chi connectivity index (χ3v) is 5.09. The fourth-order valence-electron chi connectivity index (χ4n) is 3.46. The van der Waals surface area contributed by atoms with Gasteiger partial charge in [0, 0.05) is 23.8 Å². The summed E-state index contributed by atoms with van der Waals surface area (Å²) in [6.45, 7) is 2.28. The number of anilines is 2. The molecule has 4 rings (SSSR count). The summed E-state index contributed by atoms with van der Waals surface area (Å²) in [4.78, 5) is 24.1. The van der Waals surface area contributed by atoms with Crippen LogP contribution in [0.2, 0.25) is 0 Å². The molecule has 0 radical (unpaired) electrons. The minimum absolute atomic E-state index is 0.106. The van der Waals surface area contributed by atoms with E-state index in [-0.39, 0.29) is 5.91 Å². The summed E-state index contributed by atoms with van der Waals surface area (Å²) in [5.41, 5.74) is 3.98. The van der Waals surface area contributed by atoms with Gasteiger partial charge in [-0.25, -0.2) is 9.97 Å². The molecular formula is C25H24N4O2. The molecule has 0 spiro atoms. The predicted molar refractivity (Wildman–Crippen MR) is 123 cm³/mol. The second kappa shape index (κ2) is 8.83. The van der Waals surface area contributed by atoms with Crippen LogP contribution in [0.4, 0.5) is 11.4 Å². The number of nitrogens with zero attached hydrogens (tertiary/aromatic N) is 3. The number of rotatable bonds is 6. The minimum Gasteiger partial charge on any atom is -0.497 e. The molecule has 6 heteroatoms. The molecule has 31 heavy (non-hydrogen) atoms. The maximum Gasteiger partial charge on any atom is 0.256 e. The Hall–Kier alpha value is -3.93. The van der Waals surface area contributed by atoms with Crippen molar-refractivity contribution in [3.05, 3.63) is 89.9 Å². The van der Waals surface area contributed by atoms with Crippen LogP contribution < -0.4 is 10.1 Å². The summed E-state index contributed by atoms with van der Waals surface area (Å²) in [5, 5.41) is 4.34. The van der Waals surface area contributed by atoms with Gasteiger partial charge < -0.3 is 15.0 Å². The lowest BCUT2D eigenvalue weighted by molar-refractivity contribution is 0.0782. The molecule has 0 atom stereocenters. The molecule has 0 aliphatic carbocycles. The second-order valence-electron chi connectivity index (χ2n) is 7.30. The Bertz CT molecular complexity index is 1220. The standard InChI is InChI=1S/C25H24N4O2/c1-17-20-8-4-6-10-22(20)28-24(26-17)16-29(2)25(30)21-9-5-7-11-23(21)27-18-12-14-19(31-3)15-13-18/h4-15,27H,16H2,1-3H3. The molecule has 0 aliphatic heterocycles. The van der Waals surface area contributed by atoms with Gasteiger partial charge in [0.1, 0.15) is 11.6 Å². The summed E-state index contributed by atoms with van der Waals surface area (Å²) in [7, 11) is 3.40. The van der Waals surface area contributed by atoms with Crippen LogP contribution in [-0.4, -0.2) is 34.9 Å². The van der Waals surface area contributed by atoms with Gasteiger partial charge in [-0.2, -0.15) is 0 Å². The zero-order valence-electron chi connectivity index (χ0n) is 17.8. The van der Waals surface area contributed by atoms with Crippen LogP contribution in [0.5, 0.6) is 5.75 Å². The normalized spacial score (nSPS) is 10.7. The van der Waals surface area contributed by atoms with Crippen molar-refractivity contribution in [1.82, 2.24) is 14.9 Å². The first-order chi connectivity index (χ1) is 15.0. The third kappa shape index (κ3) is 4.48. The highest BCUT2D eigenvalue weighted by atomic mass is 16.5. The number of nitrogens with one attached hydrogen (secondary N) is 1. The van der Waals surface area contributed by atoms with E-state index in [2.05, 4.69) is 15.3 Å². The maximum atomic E-state index is 13.2. The smallest absolute Gasteiger partial charge is 0.256 e. The molecule has 4 aromatic rings. The van der Waals surface area contributed by atoms with Gasteiger partial charge in [-0.3, -0.25) is 4.79 Å². The zero-order chi connectivity index (χ0) is 21.8. The molecule has 0 fully saturated rings. The van der Waals surface area contributed by atoms with Crippen LogP contribution >= 0.6 is 0 Å². The number of methoxy groups -OCH3 is 1. The molecule has 0 unspecified atom stereocenters. The number of para-hydroxylation sites is 2. The van der Waals surface area contributed by atoms with E-state index in [1.165, 1.54) is 0 Å². The van der Waals surface area contributed by atoms with Gasteiger partial charge in [0.25, 0.3) is 5.91 Å². The minimum atomic E-state index is -0.106. The Morgan fingerprint density at radius 2 is 1.68 bits per heavy atom. The topological polar surface area (TPSA) is 67.3 Å². The summed E-state index contributed by atoms with van der Waals surface area (Å²) in [6.07, 6.45) is 0. The number of carbonyl (C=O) groups is 1. The molecule has 1 N–H and O–H groups in total. The molecule has 0 saturated heterocycles. The first kappa shape index (κ1) is 20.3. The molecule has 1 amide bonds. The molecule has 1 heterocycles. The van der Waals surface area contributed by atoms with Crippen LogP contribution in [0, 0.1) is 6.92 Å². The Labute approximate surface area is 181 Å². The average Bonchev–Trinajstić information content (AvgIpc) is 2.79. The number of hydrogen-bond acceptors (Lipinski definition) is 5. The Morgan fingerprint density at radius 3 is 2.45 bits per heavy atom. The zero-order valence-corrected chi connectivity index (χ0v) is 17.8. The number of ether oxygens (including phenoxy) is 1. The molecule has 0 bridgehead atoms. The monoisotopic (exact) mass is 412 g/mol. The van der Waals surface area contributed by atoms with Gasteiger partial charge in [-0.1, -0.05) is 30.3 Å². The van der Waals surface area contributed by atoms with E-state index in [1.807, 2.05) is 79.7 Å². The van der Waals surface area contributed by atoms with Crippen molar-refractivity contribution in [2.75, 3.05) is 19.5 Å². The SMILES string of the molecule is COc1ccc(Nc2ccccc2C(=O)N(C)Cc2nc(C)c3ccccc3n2)cc1. The van der Waals surface area contributed by atoms with E-state index < -0.39 is 0 Å². The van der Waals surface area contributed by atoms with Gasteiger partial charge in [0.15, 0.2) is 0 Å². The number of amides is 1. The number of aryl methyl sites for hydroxylation is 1. The van der Waals surface area contributed by atoms with Crippen molar-refractivity contribution < 1.29 is 9.53 Å². The number of benzene rings is 3. The highest BCUT2D eigenvalue weighted by molar-refractivity contribution is 6.00. The lowest BCUT2D eigenvalue weighted by atomic mass is 10.1. The van der Waals surface area contributed by atoms with Crippen LogP contribution in [0.15, 0.2) is 72.8 Å². The summed E-state index contributed by atoms with van der Waals surface area (Å²) in [5.74, 6) is 1.29. The lowest BCUT2D eigenvalue weighted by Gasteiger charge is -2.19. The Morgan fingerprint density at radius 1 is 0.968 bits per heavy atom. The highest BCUT2D eigenvalue weighted by Gasteiger charge is 2.17. The molecule has 3 aromatic carbocycles. The predicted octanol–water partition coefficient (Wildman–Crippen LogP) is 4.96. The fourth-order valence-corrected chi connectivity index (χ4v) is 3.46. The van der Waals surface area contributed by atoms with Crippen LogP contribution in [-0.2, 0) is 6.54 Å². The van der Waals surface area contributed by atoms with Crippen LogP contribution in [0.1, 0.15) is 21.9 Å². The van der Waals surface area contributed by atoms with E-state index in [9.17, 15) is 4.79 Å². The molecular weight excluding hydrogens is 388 g/mol. The van der Waals surface area contributed by atoms with E-state index in [0.717, 1.165) is 33.7 Å². The summed E-state index contributed by atoms with van der Waals surface area (Å²) < 4.78 is 5.20. The van der Waals surface area contributed by atoms with Gasteiger partial charge in [-0.05, 0) is 49.4 Å². The van der Waals surface area contributed by atoms with E-state index >= 15 is 0 Å². The van der Waals surface area contributed by atoms with E-state index in [1.54, 1.807) is 19.1 Å². The van der Waals surface area contributed by atoms with Crippen molar-refractivity contribution >= 4 is 28.2 Å². The first-order valence-electron chi connectivity index (χ1n) is 10.0. The molecule has 0 aliphatic rings. The number of carbonyl (C=O) groups excluding carboxylic acids is 1. The second-order valence-corrected chi connectivity index (χ2v) is 7.30. The molecule has 0 saturated carbocycles. The molecule has 6 nitrogen and oxygen atoms in total. The van der Waals surface area contributed by atoms with Gasteiger partial charge in [-0.15, -0.1) is 0 Å².